The Bertz CT molecular complexity index is 1840. The number of allylic oxidation sites excluding steroid dienone is 2. The predicted molar refractivity (Wildman–Crippen MR) is 228 cm³/mol. The van der Waals surface area contributed by atoms with Gasteiger partial charge in [-0.25, -0.2) is 0 Å². The first-order valence-corrected chi connectivity index (χ1v) is 24.0. The van der Waals surface area contributed by atoms with Gasteiger partial charge >= 0.3 is 5.97 Å². The zero-order valence-electron chi connectivity index (χ0n) is 39.4. The van der Waals surface area contributed by atoms with Crippen molar-refractivity contribution in [2.24, 2.45) is 50.2 Å². The van der Waals surface area contributed by atoms with Crippen LogP contribution in [0.4, 0.5) is 0 Å². The van der Waals surface area contributed by atoms with Gasteiger partial charge < -0.3 is 74.4 Å². The number of carboxylic acids is 1. The summed E-state index contributed by atoms with van der Waals surface area (Å²) in [4.78, 5) is 27.6. The Morgan fingerprint density at radius 3 is 1.82 bits per heavy atom. The quantitative estimate of drug-likeness (QED) is 0.157. The molecule has 3 aliphatic heterocycles. The van der Waals surface area contributed by atoms with Crippen molar-refractivity contribution in [3.05, 3.63) is 11.6 Å². The fraction of sp³-hybridized carbons (Fsp3) is 0.917. The number of carbonyl (C=O) groups excluding carboxylic acids is 1. The fourth-order valence-electron chi connectivity index (χ4n) is 14.8. The third kappa shape index (κ3) is 7.64. The summed E-state index contributed by atoms with van der Waals surface area (Å²) < 4.78 is 37.0. The van der Waals surface area contributed by atoms with Gasteiger partial charge in [0.05, 0.1) is 30.3 Å². The second-order valence-corrected chi connectivity index (χ2v) is 23.3. The maximum absolute atomic E-state index is 15.0. The molecule has 17 heteroatoms. The van der Waals surface area contributed by atoms with E-state index in [2.05, 4.69) is 41.5 Å². The minimum atomic E-state index is -1.77. The van der Waals surface area contributed by atoms with E-state index in [9.17, 15) is 50.8 Å². The van der Waals surface area contributed by atoms with Crippen molar-refractivity contribution in [2.45, 2.75) is 218 Å². The predicted octanol–water partition coefficient (Wildman–Crippen LogP) is 1.94. The number of aliphatic carboxylic acids is 1. The standard InChI is InChI=1S/C48H76O17/c1-21-29(51)31(53)33(55)39(60-21)64-36-26(20-49)62-41(37(35(36)57)65-40-34(56)32(54)30(52)22(2)61-40)63-28-11-12-46(7)27(43(28,3)4)10-13-48(9)38(46)25(50)18-23-24-19-45(6,42(58)59)15-14-44(24,5)16-17-47(23,48)8/h18,21-22,24,26-41,49,51-57H,10-17,19-20H2,1-9H3,(H,58,59)/t21-,22-,24-,26+,27-,28-,29-,30-,31+,32+,33+,34+,35-,36+,37+,38+,39-,40-,41+,44+,45-,46-,47+,48+/m0/s1. The van der Waals surface area contributed by atoms with Gasteiger partial charge in [0.1, 0.15) is 61.0 Å². The van der Waals surface area contributed by atoms with Crippen LogP contribution in [-0.2, 0) is 38.0 Å². The summed E-state index contributed by atoms with van der Waals surface area (Å²) in [6, 6.07) is 0. The van der Waals surface area contributed by atoms with E-state index >= 15 is 4.79 Å². The monoisotopic (exact) mass is 925 g/mol. The lowest BCUT2D eigenvalue weighted by Crippen LogP contribution is -2.68. The van der Waals surface area contributed by atoms with E-state index in [4.69, 9.17) is 28.4 Å². The number of hydrogen-bond acceptors (Lipinski definition) is 16. The highest BCUT2D eigenvalue weighted by molar-refractivity contribution is 5.95. The van der Waals surface area contributed by atoms with E-state index in [1.165, 1.54) is 13.8 Å². The second kappa shape index (κ2) is 17.0. The van der Waals surface area contributed by atoms with Gasteiger partial charge in [-0.15, -0.1) is 0 Å². The summed E-state index contributed by atoms with van der Waals surface area (Å²) in [5, 5.41) is 96.9. The largest absolute Gasteiger partial charge is 0.481 e. The molecule has 0 aromatic carbocycles. The third-order valence-electron chi connectivity index (χ3n) is 19.3. The van der Waals surface area contributed by atoms with Crippen molar-refractivity contribution in [3.8, 4) is 0 Å². The molecule has 0 spiro atoms. The van der Waals surface area contributed by atoms with E-state index in [0.717, 1.165) is 37.7 Å². The Kier molecular flexibility index (Phi) is 13.0. The molecule has 9 N–H and O–H groups in total. The maximum Gasteiger partial charge on any atom is 0.309 e. The van der Waals surface area contributed by atoms with E-state index in [-0.39, 0.29) is 34.4 Å². The number of fused-ring (bicyclic) bond motifs is 7. The molecule has 0 aromatic heterocycles. The molecule has 370 valence electrons. The molecule has 17 nitrogen and oxygen atoms in total. The van der Waals surface area contributed by atoms with E-state index in [1.807, 2.05) is 13.0 Å². The number of hydrogen-bond donors (Lipinski definition) is 9. The molecule has 8 aliphatic rings. The van der Waals surface area contributed by atoms with Gasteiger partial charge in [-0.2, -0.15) is 0 Å². The van der Waals surface area contributed by atoms with E-state index in [0.29, 0.717) is 25.7 Å². The van der Waals surface area contributed by atoms with Gasteiger partial charge in [0.15, 0.2) is 24.7 Å². The van der Waals surface area contributed by atoms with Gasteiger partial charge in [0.25, 0.3) is 0 Å². The average Bonchev–Trinajstić information content (AvgIpc) is 3.24. The molecule has 3 heterocycles. The van der Waals surface area contributed by atoms with Crippen LogP contribution < -0.4 is 0 Å². The van der Waals surface area contributed by atoms with Crippen molar-refractivity contribution in [2.75, 3.05) is 6.61 Å². The zero-order chi connectivity index (χ0) is 47.7. The molecule has 65 heavy (non-hydrogen) atoms. The molecule has 0 bridgehead atoms. The highest BCUT2D eigenvalue weighted by atomic mass is 16.8. The van der Waals surface area contributed by atoms with Crippen LogP contribution in [0.1, 0.15) is 120 Å². The molecule has 0 aromatic rings. The SMILES string of the molecule is C[C@@H]1O[C@@H](O[C@H]2[C@@H](O[C@H]3CC[C@]4(C)[C@H]5C(=O)C=C6[C@@H]7C[C@@](C)(C(=O)O)CC[C@]7(C)CC[C@@]6(C)[C@]5(C)CC[C@H]4C3(C)C)O[C@H](CO)[C@@H](O[C@@H]3O[C@@H](C)[C@H](O)[C@@H](O)[C@H]3O)[C@@H]2O)[C@H](O)[C@H](O)[C@H]1O. The minimum absolute atomic E-state index is 0.00216. The molecule has 8 rings (SSSR count). The minimum Gasteiger partial charge on any atom is -0.481 e. The van der Waals surface area contributed by atoms with Crippen LogP contribution >= 0.6 is 0 Å². The van der Waals surface area contributed by atoms with Crippen LogP contribution in [0, 0.1) is 50.2 Å². The lowest BCUT2D eigenvalue weighted by Gasteiger charge is -2.70. The number of ketones is 1. The fourth-order valence-corrected chi connectivity index (χ4v) is 14.8. The Balaban J connectivity index is 1.08. The Morgan fingerprint density at radius 1 is 0.677 bits per heavy atom. The number of aliphatic hydroxyl groups excluding tert-OH is 8. The van der Waals surface area contributed by atoms with Crippen molar-refractivity contribution < 1.29 is 84.0 Å². The van der Waals surface area contributed by atoms with Crippen molar-refractivity contribution >= 4 is 11.8 Å². The van der Waals surface area contributed by atoms with E-state index in [1.54, 1.807) is 0 Å². The molecule has 0 radical (unpaired) electrons. The van der Waals surface area contributed by atoms with Gasteiger partial charge in [-0.1, -0.05) is 47.1 Å². The summed E-state index contributed by atoms with van der Waals surface area (Å²) >= 11 is 0. The smallest absolute Gasteiger partial charge is 0.309 e. The van der Waals surface area contributed by atoms with Gasteiger partial charge in [-0.05, 0) is 124 Å². The molecular formula is C48H76O17. The molecular weight excluding hydrogens is 849 g/mol. The lowest BCUT2D eigenvalue weighted by atomic mass is 9.33. The Morgan fingerprint density at radius 2 is 1.25 bits per heavy atom. The van der Waals surface area contributed by atoms with Crippen LogP contribution in [0.25, 0.3) is 0 Å². The summed E-state index contributed by atoms with van der Waals surface area (Å²) in [6.07, 6.45) is -14.5. The highest BCUT2D eigenvalue weighted by Crippen LogP contribution is 2.75. The van der Waals surface area contributed by atoms with E-state index < -0.39 is 132 Å². The highest BCUT2D eigenvalue weighted by Gasteiger charge is 2.71. The van der Waals surface area contributed by atoms with Crippen molar-refractivity contribution in [3.63, 3.8) is 0 Å². The Labute approximate surface area is 381 Å². The first-order chi connectivity index (χ1) is 30.2. The summed E-state index contributed by atoms with van der Waals surface area (Å²) in [5.74, 6) is -1.01. The van der Waals surface area contributed by atoms with Crippen molar-refractivity contribution in [1.82, 2.24) is 0 Å². The van der Waals surface area contributed by atoms with Gasteiger partial charge in [-0.3, -0.25) is 9.59 Å². The normalized spacial score (nSPS) is 55.5. The first-order valence-electron chi connectivity index (χ1n) is 24.0. The number of ether oxygens (including phenoxy) is 6. The molecule has 7 fully saturated rings. The van der Waals surface area contributed by atoms with Crippen LogP contribution in [0.2, 0.25) is 0 Å². The third-order valence-corrected chi connectivity index (χ3v) is 19.3. The first kappa shape index (κ1) is 49.7. The Hall–Kier alpha value is -1.68. The lowest BCUT2D eigenvalue weighted by molar-refractivity contribution is -0.393. The topological polar surface area (TPSA) is 272 Å². The summed E-state index contributed by atoms with van der Waals surface area (Å²) in [6.45, 7) is 17.5. The molecule has 0 amide bonds. The van der Waals surface area contributed by atoms with Crippen LogP contribution in [0.15, 0.2) is 11.6 Å². The average molecular weight is 925 g/mol. The number of aliphatic hydroxyl groups is 8. The second-order valence-electron chi connectivity index (χ2n) is 23.3. The van der Waals surface area contributed by atoms with Crippen molar-refractivity contribution in [1.29, 1.82) is 0 Å². The maximum atomic E-state index is 15.0. The van der Waals surface area contributed by atoms with Gasteiger partial charge in [0.2, 0.25) is 0 Å². The summed E-state index contributed by atoms with van der Waals surface area (Å²) in [7, 11) is 0. The number of carbonyl (C=O) groups is 2. The molecule has 5 aliphatic carbocycles. The number of carboxylic acid groups (broad SMARTS) is 1. The number of rotatable bonds is 8. The molecule has 3 saturated heterocycles. The van der Waals surface area contributed by atoms with Crippen LogP contribution in [-0.4, -0.2) is 163 Å². The molecule has 0 unspecified atom stereocenters. The van der Waals surface area contributed by atoms with Crippen LogP contribution in [0.3, 0.4) is 0 Å². The van der Waals surface area contributed by atoms with Gasteiger partial charge in [0, 0.05) is 5.92 Å². The zero-order valence-corrected chi connectivity index (χ0v) is 39.4. The van der Waals surface area contributed by atoms with Crippen LogP contribution in [0.5, 0.6) is 0 Å². The molecule has 4 saturated carbocycles. The molecule has 24 atom stereocenters. The summed E-state index contributed by atoms with van der Waals surface area (Å²) in [5.41, 5.74) is -1.56.